The molecule has 0 bridgehead atoms. The van der Waals surface area contributed by atoms with Gasteiger partial charge in [-0.05, 0) is 86.0 Å². The molecule has 0 radical (unpaired) electrons. The number of hydrogen-bond acceptors (Lipinski definition) is 2. The Labute approximate surface area is 140 Å². The van der Waals surface area contributed by atoms with Crippen LogP contribution in [0.3, 0.4) is 0 Å². The minimum absolute atomic E-state index is 0.114. The van der Waals surface area contributed by atoms with E-state index in [1.54, 1.807) is 6.92 Å². The van der Waals surface area contributed by atoms with Gasteiger partial charge in [0.2, 0.25) is 0 Å². The standard InChI is InChI=1S/C21H30O2/c1-13(22)17-6-7-18-16-5-4-14-12-15(23)8-10-20(14,2)19(16)9-11-21(17,18)3/h4,6,15-16,18-19,23H,5,7-12H2,1-3H3/t15-,16-,18-,19-,20+,21+/m1/s1. The molecule has 0 aromatic heterocycles. The summed E-state index contributed by atoms with van der Waals surface area (Å²) in [6.07, 6.45) is 12.2. The Morgan fingerprint density at radius 2 is 1.83 bits per heavy atom. The number of Topliss-reactive ketones (excluding diaryl/α,β-unsaturated/α-hetero) is 1. The van der Waals surface area contributed by atoms with Crippen LogP contribution in [0.15, 0.2) is 23.3 Å². The van der Waals surface area contributed by atoms with Gasteiger partial charge in [0.25, 0.3) is 0 Å². The zero-order valence-corrected chi connectivity index (χ0v) is 14.8. The van der Waals surface area contributed by atoms with E-state index in [9.17, 15) is 9.90 Å². The quantitative estimate of drug-likeness (QED) is 0.727. The van der Waals surface area contributed by atoms with Gasteiger partial charge in [-0.25, -0.2) is 0 Å². The maximum absolute atomic E-state index is 12.1. The van der Waals surface area contributed by atoms with Crippen LogP contribution in [0, 0.1) is 28.6 Å². The van der Waals surface area contributed by atoms with Crippen molar-refractivity contribution < 1.29 is 9.90 Å². The molecule has 0 heterocycles. The third kappa shape index (κ3) is 2.06. The molecule has 0 saturated heterocycles. The number of hydrogen-bond donors (Lipinski definition) is 1. The maximum atomic E-state index is 12.1. The van der Waals surface area contributed by atoms with E-state index in [0.29, 0.717) is 17.3 Å². The van der Waals surface area contributed by atoms with Crippen LogP contribution in [0.25, 0.3) is 0 Å². The summed E-state index contributed by atoms with van der Waals surface area (Å²) in [6, 6.07) is 0. The third-order valence-electron chi connectivity index (χ3n) is 8.04. The predicted octanol–water partition coefficient (Wildman–Crippen LogP) is 4.44. The average Bonchev–Trinajstić information content (AvgIpc) is 2.85. The lowest BCUT2D eigenvalue weighted by Crippen LogP contribution is -2.50. The van der Waals surface area contributed by atoms with E-state index in [1.165, 1.54) is 12.0 Å². The predicted molar refractivity (Wildman–Crippen MR) is 91.9 cm³/mol. The number of fused-ring (bicyclic) bond motifs is 5. The van der Waals surface area contributed by atoms with E-state index in [-0.39, 0.29) is 17.3 Å². The fourth-order valence-electron chi connectivity index (χ4n) is 6.75. The van der Waals surface area contributed by atoms with Crippen molar-refractivity contribution in [2.45, 2.75) is 71.8 Å². The van der Waals surface area contributed by atoms with Crippen molar-refractivity contribution in [2.75, 3.05) is 0 Å². The van der Waals surface area contributed by atoms with Crippen LogP contribution in [-0.2, 0) is 4.79 Å². The summed E-state index contributed by atoms with van der Waals surface area (Å²) in [5.74, 6) is 2.38. The van der Waals surface area contributed by atoms with Gasteiger partial charge in [0.15, 0.2) is 5.78 Å². The summed E-state index contributed by atoms with van der Waals surface area (Å²) in [5, 5.41) is 10.1. The Morgan fingerprint density at radius 1 is 1.09 bits per heavy atom. The zero-order chi connectivity index (χ0) is 16.4. The normalized spacial score (nSPS) is 48.7. The average molecular weight is 314 g/mol. The van der Waals surface area contributed by atoms with Crippen molar-refractivity contribution >= 4 is 5.78 Å². The molecule has 23 heavy (non-hydrogen) atoms. The third-order valence-corrected chi connectivity index (χ3v) is 8.04. The number of carbonyl (C=O) groups excluding carboxylic acids is 1. The highest BCUT2D eigenvalue weighted by Crippen LogP contribution is 2.64. The van der Waals surface area contributed by atoms with E-state index in [1.807, 2.05) is 0 Å². The first-order valence-electron chi connectivity index (χ1n) is 9.45. The summed E-state index contributed by atoms with van der Waals surface area (Å²) in [5.41, 5.74) is 3.05. The molecule has 0 spiro atoms. The van der Waals surface area contributed by atoms with Gasteiger partial charge in [-0.1, -0.05) is 31.6 Å². The molecule has 126 valence electrons. The second-order valence-corrected chi connectivity index (χ2v) is 9.02. The van der Waals surface area contributed by atoms with E-state index < -0.39 is 0 Å². The number of carbonyl (C=O) groups is 1. The van der Waals surface area contributed by atoms with Gasteiger partial charge < -0.3 is 5.11 Å². The molecule has 0 amide bonds. The molecule has 0 aliphatic heterocycles. The van der Waals surface area contributed by atoms with Crippen LogP contribution >= 0.6 is 0 Å². The highest BCUT2D eigenvalue weighted by molar-refractivity contribution is 5.95. The molecule has 0 aromatic rings. The molecule has 2 heteroatoms. The van der Waals surface area contributed by atoms with Gasteiger partial charge in [0.05, 0.1) is 6.10 Å². The molecule has 0 aromatic carbocycles. The Morgan fingerprint density at radius 3 is 2.57 bits per heavy atom. The molecule has 2 fully saturated rings. The van der Waals surface area contributed by atoms with E-state index in [2.05, 4.69) is 26.0 Å². The Kier molecular flexibility index (Phi) is 3.43. The lowest BCUT2D eigenvalue weighted by molar-refractivity contribution is -0.115. The molecule has 4 aliphatic rings. The van der Waals surface area contributed by atoms with Crippen molar-refractivity contribution in [1.29, 1.82) is 0 Å². The minimum atomic E-state index is -0.128. The maximum Gasteiger partial charge on any atom is 0.156 e. The number of allylic oxidation sites excluding steroid dienone is 3. The topological polar surface area (TPSA) is 37.3 Å². The molecular weight excluding hydrogens is 284 g/mol. The number of aliphatic hydroxyl groups excluding tert-OH is 1. The van der Waals surface area contributed by atoms with Crippen molar-refractivity contribution in [3.8, 4) is 0 Å². The van der Waals surface area contributed by atoms with Crippen molar-refractivity contribution in [2.24, 2.45) is 28.6 Å². The van der Waals surface area contributed by atoms with Crippen molar-refractivity contribution in [1.82, 2.24) is 0 Å². The van der Waals surface area contributed by atoms with Gasteiger partial charge in [0.1, 0.15) is 0 Å². The Bertz CT molecular complexity index is 601. The van der Waals surface area contributed by atoms with Gasteiger partial charge in [0, 0.05) is 0 Å². The van der Waals surface area contributed by atoms with E-state index in [0.717, 1.165) is 50.0 Å². The van der Waals surface area contributed by atoms with Crippen molar-refractivity contribution in [3.05, 3.63) is 23.3 Å². The molecule has 2 saturated carbocycles. The molecule has 4 rings (SSSR count). The fourth-order valence-corrected chi connectivity index (χ4v) is 6.75. The summed E-state index contributed by atoms with van der Waals surface area (Å²) >= 11 is 0. The van der Waals surface area contributed by atoms with Crippen LogP contribution in [0.5, 0.6) is 0 Å². The summed E-state index contributed by atoms with van der Waals surface area (Å²) in [6.45, 7) is 6.55. The molecule has 2 nitrogen and oxygen atoms in total. The largest absolute Gasteiger partial charge is 0.393 e. The molecular formula is C21H30O2. The van der Waals surface area contributed by atoms with Gasteiger partial charge >= 0.3 is 0 Å². The minimum Gasteiger partial charge on any atom is -0.393 e. The molecule has 6 atom stereocenters. The Hall–Kier alpha value is -0.890. The van der Waals surface area contributed by atoms with Gasteiger partial charge in [-0.15, -0.1) is 0 Å². The summed E-state index contributed by atoms with van der Waals surface area (Å²) < 4.78 is 0. The lowest BCUT2D eigenvalue weighted by atomic mass is 9.47. The second-order valence-electron chi connectivity index (χ2n) is 9.02. The summed E-state index contributed by atoms with van der Waals surface area (Å²) in [7, 11) is 0. The number of aliphatic hydroxyl groups is 1. The van der Waals surface area contributed by atoms with Crippen LogP contribution in [0.1, 0.15) is 65.7 Å². The summed E-state index contributed by atoms with van der Waals surface area (Å²) in [4.78, 5) is 12.1. The fraction of sp³-hybridized carbons (Fsp3) is 0.762. The van der Waals surface area contributed by atoms with E-state index in [4.69, 9.17) is 0 Å². The van der Waals surface area contributed by atoms with Crippen LogP contribution < -0.4 is 0 Å². The smallest absolute Gasteiger partial charge is 0.156 e. The number of ketones is 1. The van der Waals surface area contributed by atoms with Crippen LogP contribution in [0.4, 0.5) is 0 Å². The molecule has 1 N–H and O–H groups in total. The van der Waals surface area contributed by atoms with Crippen LogP contribution in [-0.4, -0.2) is 17.0 Å². The molecule has 0 unspecified atom stereocenters. The van der Waals surface area contributed by atoms with Crippen molar-refractivity contribution in [3.63, 3.8) is 0 Å². The van der Waals surface area contributed by atoms with Crippen LogP contribution in [0.2, 0.25) is 0 Å². The van der Waals surface area contributed by atoms with Gasteiger partial charge in [-0.3, -0.25) is 4.79 Å². The number of rotatable bonds is 1. The Balaban J connectivity index is 1.67. The lowest BCUT2D eigenvalue weighted by Gasteiger charge is -2.57. The highest BCUT2D eigenvalue weighted by atomic mass is 16.3. The first kappa shape index (κ1) is 15.6. The second kappa shape index (κ2) is 5.05. The first-order valence-corrected chi connectivity index (χ1v) is 9.45. The SMILES string of the molecule is CC(=O)C1=CC[C@@H]2[C@H]3CC=C4C[C@H](O)CC[C@]4(C)[C@@H]3CC[C@@]12C. The van der Waals surface area contributed by atoms with Gasteiger partial charge in [-0.2, -0.15) is 0 Å². The highest BCUT2D eigenvalue weighted by Gasteiger charge is 2.57. The monoisotopic (exact) mass is 314 g/mol. The zero-order valence-electron chi connectivity index (χ0n) is 14.8. The van der Waals surface area contributed by atoms with E-state index >= 15 is 0 Å². The molecule has 4 aliphatic carbocycles. The first-order chi connectivity index (χ1) is 10.9.